The SMILES string of the molecule is CC1(C)c2ccccc2-c2cccc(-c3ccc(N(c4ccc(-c5ccc6ccccc6c5)cc4)c4ccc(-c5ccccc5-c5ccccc5-n5c6ccccc6c6ccccc65)cc4)cc3)c21. The summed E-state index contributed by atoms with van der Waals surface area (Å²) in [5.41, 5.74) is 21.8. The fourth-order valence-corrected chi connectivity index (χ4v) is 11.3. The van der Waals surface area contributed by atoms with Crippen molar-refractivity contribution in [3.63, 3.8) is 0 Å². The van der Waals surface area contributed by atoms with Gasteiger partial charge in [-0.05, 0) is 133 Å². The van der Waals surface area contributed by atoms with Gasteiger partial charge in [-0.25, -0.2) is 0 Å². The van der Waals surface area contributed by atoms with Crippen LogP contribution in [0.15, 0.2) is 255 Å². The van der Waals surface area contributed by atoms with E-state index in [1.54, 1.807) is 0 Å². The number of fused-ring (bicyclic) bond motifs is 7. The van der Waals surface area contributed by atoms with Gasteiger partial charge in [-0.15, -0.1) is 0 Å². The molecule has 2 nitrogen and oxygen atoms in total. The van der Waals surface area contributed by atoms with Crippen molar-refractivity contribution in [3.05, 3.63) is 266 Å². The van der Waals surface area contributed by atoms with Crippen LogP contribution in [-0.2, 0) is 5.41 Å². The Balaban J connectivity index is 0.898. The van der Waals surface area contributed by atoms with Crippen LogP contribution in [-0.4, -0.2) is 4.57 Å². The van der Waals surface area contributed by atoms with E-state index in [1.807, 2.05) is 0 Å². The molecule has 0 spiro atoms. The molecule has 1 aliphatic rings. The molecule has 2 heteroatoms. The second-order valence-electron chi connectivity index (χ2n) is 18.9. The van der Waals surface area contributed by atoms with Crippen LogP contribution in [0, 0.1) is 0 Å². The fraction of sp³-hybridized carbons (Fsp3) is 0.0448. The Hall–Kier alpha value is -8.72. The topological polar surface area (TPSA) is 8.17 Å². The number of para-hydroxylation sites is 3. The highest BCUT2D eigenvalue weighted by Gasteiger charge is 2.37. The lowest BCUT2D eigenvalue weighted by molar-refractivity contribution is 0.662. The van der Waals surface area contributed by atoms with Crippen LogP contribution in [0.5, 0.6) is 0 Å². The van der Waals surface area contributed by atoms with Gasteiger partial charge < -0.3 is 9.47 Å². The minimum atomic E-state index is -0.104. The lowest BCUT2D eigenvalue weighted by Gasteiger charge is -2.27. The molecule has 0 fully saturated rings. The van der Waals surface area contributed by atoms with Crippen molar-refractivity contribution in [3.8, 4) is 61.3 Å². The molecule has 1 aromatic heterocycles. The van der Waals surface area contributed by atoms with Crippen LogP contribution < -0.4 is 4.90 Å². The van der Waals surface area contributed by atoms with Crippen molar-refractivity contribution < 1.29 is 0 Å². The smallest absolute Gasteiger partial charge is 0.0541 e. The Bertz CT molecular complexity index is 3860. The Kier molecular flexibility index (Phi) is 9.55. The largest absolute Gasteiger partial charge is 0.311 e. The van der Waals surface area contributed by atoms with E-state index in [0.717, 1.165) is 28.3 Å². The van der Waals surface area contributed by atoms with Gasteiger partial charge in [0, 0.05) is 38.8 Å². The Morgan fingerprint density at radius 2 is 0.783 bits per heavy atom. The van der Waals surface area contributed by atoms with E-state index < -0.39 is 0 Å². The Morgan fingerprint density at radius 3 is 1.45 bits per heavy atom. The van der Waals surface area contributed by atoms with E-state index in [-0.39, 0.29) is 5.41 Å². The van der Waals surface area contributed by atoms with Gasteiger partial charge in [-0.3, -0.25) is 0 Å². The standard InChI is InChI=1S/C67H48N2/c1-67(2)62-26-11-7-20-57(62)61-25-15-24-55(66(61)67)48-36-42-53(43-37-48)68(51-38-32-46(33-39-51)50-31-30-45-16-3-4-17-49(45)44-50)52-40-34-47(35-41-52)54-18-5-6-19-56(54)58-21-8-12-27-63(58)69-64-28-13-9-22-59(64)60-23-10-14-29-65(60)69/h3-44H,1-2H3. The Morgan fingerprint density at radius 1 is 0.319 bits per heavy atom. The highest BCUT2D eigenvalue weighted by atomic mass is 15.1. The van der Waals surface area contributed by atoms with E-state index in [0.29, 0.717) is 0 Å². The van der Waals surface area contributed by atoms with Crippen molar-refractivity contribution in [2.45, 2.75) is 19.3 Å². The minimum Gasteiger partial charge on any atom is -0.311 e. The van der Waals surface area contributed by atoms with Crippen LogP contribution >= 0.6 is 0 Å². The van der Waals surface area contributed by atoms with Gasteiger partial charge in [-0.2, -0.15) is 0 Å². The molecule has 12 aromatic rings. The van der Waals surface area contributed by atoms with Gasteiger partial charge in [-0.1, -0.05) is 208 Å². The molecule has 0 aliphatic heterocycles. The molecular formula is C67H48N2. The van der Waals surface area contributed by atoms with Crippen molar-refractivity contribution >= 4 is 49.6 Å². The van der Waals surface area contributed by atoms with Crippen molar-refractivity contribution in [2.24, 2.45) is 0 Å². The molecule has 69 heavy (non-hydrogen) atoms. The van der Waals surface area contributed by atoms with Gasteiger partial charge in [0.15, 0.2) is 0 Å². The zero-order valence-electron chi connectivity index (χ0n) is 38.6. The van der Waals surface area contributed by atoms with E-state index in [4.69, 9.17) is 0 Å². The number of nitrogens with zero attached hydrogens (tertiary/aromatic N) is 2. The van der Waals surface area contributed by atoms with E-state index in [9.17, 15) is 0 Å². The van der Waals surface area contributed by atoms with Gasteiger partial charge in [0.1, 0.15) is 0 Å². The van der Waals surface area contributed by atoms with Crippen molar-refractivity contribution in [1.82, 2.24) is 4.57 Å². The molecule has 326 valence electrons. The summed E-state index contributed by atoms with van der Waals surface area (Å²) >= 11 is 0. The average molecular weight is 881 g/mol. The zero-order chi connectivity index (χ0) is 46.1. The maximum atomic E-state index is 2.43. The first-order valence-electron chi connectivity index (χ1n) is 24.0. The first kappa shape index (κ1) is 40.5. The second kappa shape index (κ2) is 16.3. The third-order valence-electron chi connectivity index (χ3n) is 14.6. The average Bonchev–Trinajstić information content (AvgIpc) is 3.87. The summed E-state index contributed by atoms with van der Waals surface area (Å²) in [6.45, 7) is 4.73. The van der Waals surface area contributed by atoms with Crippen LogP contribution in [0.1, 0.15) is 25.0 Å². The predicted molar refractivity (Wildman–Crippen MR) is 292 cm³/mol. The van der Waals surface area contributed by atoms with Crippen molar-refractivity contribution in [2.75, 3.05) is 4.90 Å². The normalized spacial score (nSPS) is 12.6. The summed E-state index contributed by atoms with van der Waals surface area (Å²) in [6.07, 6.45) is 0. The first-order chi connectivity index (χ1) is 34.0. The monoisotopic (exact) mass is 880 g/mol. The summed E-state index contributed by atoms with van der Waals surface area (Å²) in [4.78, 5) is 2.39. The maximum absolute atomic E-state index is 2.43. The number of aromatic nitrogens is 1. The van der Waals surface area contributed by atoms with Crippen LogP contribution in [0.4, 0.5) is 17.1 Å². The fourth-order valence-electron chi connectivity index (χ4n) is 11.3. The summed E-state index contributed by atoms with van der Waals surface area (Å²) < 4.78 is 2.43. The molecule has 13 rings (SSSR count). The number of anilines is 3. The van der Waals surface area contributed by atoms with Gasteiger partial charge in [0.05, 0.1) is 16.7 Å². The first-order valence-corrected chi connectivity index (χ1v) is 24.0. The second-order valence-corrected chi connectivity index (χ2v) is 18.9. The van der Waals surface area contributed by atoms with E-state index in [2.05, 4.69) is 278 Å². The molecule has 1 aliphatic carbocycles. The van der Waals surface area contributed by atoms with Crippen LogP contribution in [0.25, 0.3) is 93.9 Å². The Labute approximate surface area is 403 Å². The highest BCUT2D eigenvalue weighted by Crippen LogP contribution is 2.52. The molecule has 0 saturated carbocycles. The van der Waals surface area contributed by atoms with Crippen LogP contribution in [0.3, 0.4) is 0 Å². The molecule has 0 radical (unpaired) electrons. The third-order valence-corrected chi connectivity index (χ3v) is 14.6. The quantitative estimate of drug-likeness (QED) is 0.148. The third kappa shape index (κ3) is 6.71. The summed E-state index contributed by atoms with van der Waals surface area (Å²) in [5, 5.41) is 5.01. The molecule has 0 atom stereocenters. The lowest BCUT2D eigenvalue weighted by Crippen LogP contribution is -2.16. The molecule has 1 heterocycles. The highest BCUT2D eigenvalue weighted by molar-refractivity contribution is 6.10. The molecule has 0 saturated heterocycles. The molecule has 0 bridgehead atoms. The lowest BCUT2D eigenvalue weighted by atomic mass is 9.79. The predicted octanol–water partition coefficient (Wildman–Crippen LogP) is 18.4. The molecular weight excluding hydrogens is 833 g/mol. The summed E-state index contributed by atoms with van der Waals surface area (Å²) in [7, 11) is 0. The summed E-state index contributed by atoms with van der Waals surface area (Å²) in [6, 6.07) is 93.5. The van der Waals surface area contributed by atoms with Gasteiger partial charge in [0.25, 0.3) is 0 Å². The number of rotatable bonds is 8. The van der Waals surface area contributed by atoms with Gasteiger partial charge >= 0.3 is 0 Å². The van der Waals surface area contributed by atoms with E-state index >= 15 is 0 Å². The minimum absolute atomic E-state index is 0.104. The maximum Gasteiger partial charge on any atom is 0.0541 e. The summed E-state index contributed by atoms with van der Waals surface area (Å²) in [5.74, 6) is 0. The number of hydrogen-bond acceptors (Lipinski definition) is 1. The van der Waals surface area contributed by atoms with E-state index in [1.165, 1.54) is 93.8 Å². The number of benzene rings is 11. The van der Waals surface area contributed by atoms with Crippen LogP contribution in [0.2, 0.25) is 0 Å². The molecule has 11 aromatic carbocycles. The molecule has 0 amide bonds. The number of hydrogen-bond donors (Lipinski definition) is 0. The molecule has 0 N–H and O–H groups in total. The zero-order valence-corrected chi connectivity index (χ0v) is 38.6. The molecule has 0 unspecified atom stereocenters. The van der Waals surface area contributed by atoms with Crippen molar-refractivity contribution in [1.29, 1.82) is 0 Å². The van der Waals surface area contributed by atoms with Gasteiger partial charge in [0.2, 0.25) is 0 Å².